The summed E-state index contributed by atoms with van der Waals surface area (Å²) < 4.78 is 87.6. The molecule has 0 aliphatic carbocycles. The monoisotopic (exact) mass is 495 g/mol. The van der Waals surface area contributed by atoms with Crippen molar-refractivity contribution in [2.75, 3.05) is 19.4 Å². The van der Waals surface area contributed by atoms with Crippen molar-refractivity contribution in [1.82, 2.24) is 19.3 Å². The van der Waals surface area contributed by atoms with E-state index in [2.05, 4.69) is 9.97 Å². The molecule has 2 N–H and O–H groups in total. The van der Waals surface area contributed by atoms with Gasteiger partial charge in [-0.3, -0.25) is 9.20 Å². The van der Waals surface area contributed by atoms with Crippen LogP contribution in [0.3, 0.4) is 0 Å². The summed E-state index contributed by atoms with van der Waals surface area (Å²) in [6.07, 6.45) is -6.78. The number of ether oxygens (including phenoxy) is 1. The normalized spacial score (nSPS) is 15.9. The molecule has 1 aliphatic rings. The smallest absolute Gasteiger partial charge is 0.417 e. The quantitative estimate of drug-likeness (QED) is 0.408. The molecule has 5 rings (SSSR count). The van der Waals surface area contributed by atoms with Gasteiger partial charge in [0.1, 0.15) is 23.7 Å². The number of hydrogen-bond acceptors (Lipinski definition) is 5. The first kappa shape index (κ1) is 22.7. The van der Waals surface area contributed by atoms with Gasteiger partial charge < -0.3 is 15.4 Å². The minimum atomic E-state index is -4.90. The van der Waals surface area contributed by atoms with Gasteiger partial charge in [-0.1, -0.05) is 6.07 Å². The number of nitrogen functional groups attached to an aromatic ring is 1. The average Bonchev–Trinajstić information content (AvgIpc) is 3.44. The summed E-state index contributed by atoms with van der Waals surface area (Å²) >= 11 is 0. The Morgan fingerprint density at radius 3 is 2.54 bits per heavy atom. The lowest BCUT2D eigenvalue weighted by atomic mass is 10.0. The van der Waals surface area contributed by atoms with E-state index in [0.717, 1.165) is 35.2 Å². The summed E-state index contributed by atoms with van der Waals surface area (Å²) in [5.74, 6) is -1.11. The molecule has 3 heterocycles. The second-order valence-electron chi connectivity index (χ2n) is 8.02. The minimum Gasteiger partial charge on any atom is -0.491 e. The van der Waals surface area contributed by atoms with Crippen molar-refractivity contribution in [1.29, 1.82) is 0 Å². The van der Waals surface area contributed by atoms with Crippen LogP contribution in [0.2, 0.25) is 0 Å². The summed E-state index contributed by atoms with van der Waals surface area (Å²) in [4.78, 5) is 22.3. The summed E-state index contributed by atoms with van der Waals surface area (Å²) in [6.45, 7) is -0.211. The standard InChI is InChI=1S/C22H15F6N5O2/c1-32(17-8-35-18-4-10(21(23,24)25)2-3-11(17)18)20(34)12-5-15-14(6-13(12)22(26,27)28)31-19(29)16-7-30-9-33(15)16/h2-7,9,17H,8H2,1H3,(H2,29,31)/t17-/m1/s1. The lowest BCUT2D eigenvalue weighted by molar-refractivity contribution is -0.138. The number of rotatable bonds is 2. The number of alkyl halides is 6. The molecule has 2 aromatic heterocycles. The number of nitrogens with zero attached hydrogens (tertiary/aromatic N) is 4. The topological polar surface area (TPSA) is 85.8 Å². The van der Waals surface area contributed by atoms with Gasteiger partial charge in [0.15, 0.2) is 0 Å². The molecule has 35 heavy (non-hydrogen) atoms. The average molecular weight is 495 g/mol. The molecule has 7 nitrogen and oxygen atoms in total. The molecule has 1 aliphatic heterocycles. The lowest BCUT2D eigenvalue weighted by Crippen LogP contribution is -2.33. The number of carbonyl (C=O) groups is 1. The maximum Gasteiger partial charge on any atom is 0.417 e. The Hall–Kier alpha value is -4.03. The van der Waals surface area contributed by atoms with E-state index < -0.39 is 41.0 Å². The molecule has 0 saturated heterocycles. The van der Waals surface area contributed by atoms with Gasteiger partial charge >= 0.3 is 12.4 Å². The van der Waals surface area contributed by atoms with E-state index >= 15 is 0 Å². The zero-order valence-corrected chi connectivity index (χ0v) is 17.8. The maximum absolute atomic E-state index is 13.9. The molecule has 182 valence electrons. The number of aromatic nitrogens is 3. The second kappa shape index (κ2) is 7.48. The fraction of sp³-hybridized carbons (Fsp3) is 0.227. The molecular weight excluding hydrogens is 480 g/mol. The first-order valence-corrected chi connectivity index (χ1v) is 10.1. The van der Waals surface area contributed by atoms with Crippen LogP contribution in [0.4, 0.5) is 32.2 Å². The van der Waals surface area contributed by atoms with Crippen molar-refractivity contribution in [2.45, 2.75) is 18.4 Å². The van der Waals surface area contributed by atoms with Crippen LogP contribution in [0, 0.1) is 0 Å². The van der Waals surface area contributed by atoms with E-state index in [1.165, 1.54) is 24.0 Å². The van der Waals surface area contributed by atoms with Crippen molar-refractivity contribution in [3.63, 3.8) is 0 Å². The first-order chi connectivity index (χ1) is 16.4. The van der Waals surface area contributed by atoms with Crippen LogP contribution < -0.4 is 10.5 Å². The van der Waals surface area contributed by atoms with Gasteiger partial charge in [-0.2, -0.15) is 26.3 Å². The predicted molar refractivity (Wildman–Crippen MR) is 112 cm³/mol. The number of imidazole rings is 1. The molecule has 4 aromatic rings. The Balaban J connectivity index is 1.60. The third-order valence-corrected chi connectivity index (χ3v) is 5.94. The zero-order valence-electron chi connectivity index (χ0n) is 17.8. The predicted octanol–water partition coefficient (Wildman–Crippen LogP) is 4.71. The molecule has 0 radical (unpaired) electrons. The SMILES string of the molecule is CN(C(=O)c1cc2c(cc1C(F)(F)F)nc(N)c1cncn12)[C@@H]1COc2cc(C(F)(F)F)ccc21. The molecule has 0 fully saturated rings. The van der Waals surface area contributed by atoms with Crippen molar-refractivity contribution in [3.05, 3.63) is 65.1 Å². The zero-order chi connectivity index (χ0) is 25.3. The second-order valence-corrected chi connectivity index (χ2v) is 8.02. The van der Waals surface area contributed by atoms with Crippen LogP contribution in [0.1, 0.15) is 33.1 Å². The molecule has 0 spiro atoms. The fourth-order valence-electron chi connectivity index (χ4n) is 4.16. The highest BCUT2D eigenvalue weighted by molar-refractivity contribution is 6.00. The summed E-state index contributed by atoms with van der Waals surface area (Å²) in [5, 5.41) is 0. The van der Waals surface area contributed by atoms with Gasteiger partial charge in [0, 0.05) is 12.6 Å². The first-order valence-electron chi connectivity index (χ1n) is 10.1. The van der Waals surface area contributed by atoms with Crippen molar-refractivity contribution in [2.24, 2.45) is 0 Å². The maximum atomic E-state index is 13.9. The highest BCUT2D eigenvalue weighted by atomic mass is 19.4. The van der Waals surface area contributed by atoms with Crippen LogP contribution in [-0.2, 0) is 12.4 Å². The van der Waals surface area contributed by atoms with Crippen molar-refractivity contribution < 1.29 is 35.9 Å². The van der Waals surface area contributed by atoms with Gasteiger partial charge in [-0.05, 0) is 24.3 Å². The van der Waals surface area contributed by atoms with Gasteiger partial charge in [-0.25, -0.2) is 9.97 Å². The van der Waals surface area contributed by atoms with Gasteiger partial charge in [0.2, 0.25) is 0 Å². The molecule has 0 bridgehead atoms. The van der Waals surface area contributed by atoms with Crippen LogP contribution >= 0.6 is 0 Å². The largest absolute Gasteiger partial charge is 0.491 e. The van der Waals surface area contributed by atoms with Crippen molar-refractivity contribution >= 4 is 28.3 Å². The number of hydrogen-bond donors (Lipinski definition) is 1. The summed E-state index contributed by atoms with van der Waals surface area (Å²) in [5.41, 5.74) is 3.70. The van der Waals surface area contributed by atoms with Crippen LogP contribution in [0.15, 0.2) is 42.9 Å². The van der Waals surface area contributed by atoms with E-state index in [1.54, 1.807) is 0 Å². The number of carbonyl (C=O) groups excluding carboxylic acids is 1. The van der Waals surface area contributed by atoms with E-state index in [-0.39, 0.29) is 34.8 Å². The number of nitrogens with two attached hydrogens (primary N) is 1. The Kier molecular flexibility index (Phi) is 4.86. The third kappa shape index (κ3) is 3.67. The van der Waals surface area contributed by atoms with Crippen molar-refractivity contribution in [3.8, 4) is 5.75 Å². The number of likely N-dealkylation sites (N-methyl/N-ethyl adjacent to an activating group) is 1. The van der Waals surface area contributed by atoms with E-state index in [1.807, 2.05) is 0 Å². The van der Waals surface area contributed by atoms with E-state index in [9.17, 15) is 31.1 Å². The Morgan fingerprint density at radius 2 is 1.86 bits per heavy atom. The molecule has 1 atom stereocenters. The Labute approximate surface area is 192 Å². The molecule has 1 amide bonds. The number of amides is 1. The van der Waals surface area contributed by atoms with Gasteiger partial charge in [0.25, 0.3) is 5.91 Å². The Morgan fingerprint density at radius 1 is 1.11 bits per heavy atom. The van der Waals surface area contributed by atoms with E-state index in [4.69, 9.17) is 10.5 Å². The highest BCUT2D eigenvalue weighted by Crippen LogP contribution is 2.41. The lowest BCUT2D eigenvalue weighted by Gasteiger charge is -2.25. The molecular formula is C22H15F6N5O2. The number of fused-ring (bicyclic) bond motifs is 4. The van der Waals surface area contributed by atoms with Gasteiger partial charge in [-0.15, -0.1) is 0 Å². The minimum absolute atomic E-state index is 0.0303. The van der Waals surface area contributed by atoms with Crippen LogP contribution in [-0.4, -0.2) is 38.8 Å². The van der Waals surface area contributed by atoms with Crippen LogP contribution in [0.25, 0.3) is 16.6 Å². The number of anilines is 1. The molecule has 2 aromatic carbocycles. The molecule has 0 unspecified atom stereocenters. The van der Waals surface area contributed by atoms with E-state index in [0.29, 0.717) is 5.52 Å². The van der Waals surface area contributed by atoms with Gasteiger partial charge in [0.05, 0.1) is 46.3 Å². The highest BCUT2D eigenvalue weighted by Gasteiger charge is 2.40. The number of benzene rings is 2. The molecule has 0 saturated carbocycles. The summed E-state index contributed by atoms with van der Waals surface area (Å²) in [7, 11) is 1.27. The Bertz CT molecular complexity index is 1490. The third-order valence-electron chi connectivity index (χ3n) is 5.94. The number of halogens is 6. The van der Waals surface area contributed by atoms with Crippen LogP contribution in [0.5, 0.6) is 5.75 Å². The fourth-order valence-corrected chi connectivity index (χ4v) is 4.16. The summed E-state index contributed by atoms with van der Waals surface area (Å²) in [6, 6.07) is 3.70. The molecule has 13 heteroatoms.